The topological polar surface area (TPSA) is 35.0 Å². The van der Waals surface area contributed by atoms with Crippen molar-refractivity contribution in [1.29, 1.82) is 0 Å². The Morgan fingerprint density at radius 2 is 1.80 bits per heavy atom. The predicted molar refractivity (Wildman–Crippen MR) is 85.4 cm³/mol. The van der Waals surface area contributed by atoms with Crippen molar-refractivity contribution in [3.05, 3.63) is 44.9 Å². The fourth-order valence-electron chi connectivity index (χ4n) is 1.77. The second-order valence-electron chi connectivity index (χ2n) is 4.33. The zero-order valence-corrected chi connectivity index (χ0v) is 14.1. The molecule has 0 bridgehead atoms. The van der Waals surface area contributed by atoms with Gasteiger partial charge in [0, 0.05) is 23.6 Å². The fourth-order valence-corrected chi connectivity index (χ4v) is 2.88. The molecule has 0 aliphatic heterocycles. The third kappa shape index (κ3) is 3.50. The second-order valence-corrected chi connectivity index (χ2v) is 5.90. The van der Waals surface area contributed by atoms with E-state index in [-0.39, 0.29) is 6.10 Å². The number of benzene rings is 1. The first kappa shape index (κ1) is 15.7. The Balaban J connectivity index is 2.44. The molecule has 106 valence electrons. The first-order valence-corrected chi connectivity index (χ1v) is 7.57. The molecule has 1 aromatic carbocycles. The Kier molecular flexibility index (Phi) is 5.38. The minimum atomic E-state index is 0.0106. The lowest BCUT2D eigenvalue weighted by Gasteiger charge is -2.12. The van der Waals surface area contributed by atoms with Gasteiger partial charge in [-0.25, -0.2) is 9.97 Å². The molecular weight excluding hydrogens is 363 g/mol. The van der Waals surface area contributed by atoms with Crippen LogP contribution in [0.25, 0.3) is 11.1 Å². The van der Waals surface area contributed by atoms with Gasteiger partial charge in [0.2, 0.25) is 0 Å². The molecule has 1 unspecified atom stereocenters. The number of hydrogen-bond acceptors (Lipinski definition) is 3. The van der Waals surface area contributed by atoms with Crippen LogP contribution in [0, 0.1) is 0 Å². The van der Waals surface area contributed by atoms with E-state index in [1.165, 1.54) is 0 Å². The molecule has 1 heterocycles. The molecule has 1 aromatic heterocycles. The van der Waals surface area contributed by atoms with E-state index in [2.05, 4.69) is 25.9 Å². The van der Waals surface area contributed by atoms with Crippen molar-refractivity contribution in [2.45, 2.75) is 19.4 Å². The maximum absolute atomic E-state index is 6.27. The van der Waals surface area contributed by atoms with Crippen LogP contribution in [0.15, 0.2) is 28.7 Å². The van der Waals surface area contributed by atoms with Gasteiger partial charge < -0.3 is 4.74 Å². The van der Waals surface area contributed by atoms with E-state index in [4.69, 9.17) is 27.9 Å². The molecule has 0 aliphatic carbocycles. The first-order chi connectivity index (χ1) is 9.52. The molecule has 0 N–H and O–H groups in total. The summed E-state index contributed by atoms with van der Waals surface area (Å²) in [6.07, 6.45) is 0.572. The van der Waals surface area contributed by atoms with Gasteiger partial charge in [0.1, 0.15) is 16.1 Å². The lowest BCUT2D eigenvalue weighted by molar-refractivity contribution is 0.117. The van der Waals surface area contributed by atoms with Crippen LogP contribution in [0.4, 0.5) is 0 Å². The summed E-state index contributed by atoms with van der Waals surface area (Å²) in [4.78, 5) is 8.62. The van der Waals surface area contributed by atoms with Crippen LogP contribution >= 0.6 is 39.1 Å². The second kappa shape index (κ2) is 6.85. The molecule has 0 amide bonds. The SMILES string of the molecule is COC(C)Cc1nc(Cl)c(-c2ccccc2Br)c(Cl)n1. The Morgan fingerprint density at radius 1 is 1.20 bits per heavy atom. The molecule has 2 aromatic rings. The van der Waals surface area contributed by atoms with Gasteiger partial charge in [-0.15, -0.1) is 0 Å². The Hall–Kier alpha value is -0.680. The quantitative estimate of drug-likeness (QED) is 0.720. The van der Waals surface area contributed by atoms with Crippen molar-refractivity contribution in [3.63, 3.8) is 0 Å². The largest absolute Gasteiger partial charge is 0.381 e. The first-order valence-electron chi connectivity index (χ1n) is 6.02. The van der Waals surface area contributed by atoms with Crippen LogP contribution in [0.3, 0.4) is 0 Å². The third-order valence-corrected chi connectivity index (χ3v) is 4.12. The molecule has 6 heteroatoms. The van der Waals surface area contributed by atoms with Gasteiger partial charge in [-0.1, -0.05) is 57.3 Å². The summed E-state index contributed by atoms with van der Waals surface area (Å²) in [5.41, 5.74) is 1.50. The summed E-state index contributed by atoms with van der Waals surface area (Å²) in [5.74, 6) is 0.574. The van der Waals surface area contributed by atoms with Crippen LogP contribution < -0.4 is 0 Å². The number of nitrogens with zero attached hydrogens (tertiary/aromatic N) is 2. The fraction of sp³-hybridized carbons (Fsp3) is 0.286. The molecule has 0 saturated carbocycles. The van der Waals surface area contributed by atoms with E-state index < -0.39 is 0 Å². The van der Waals surface area contributed by atoms with Crippen molar-refractivity contribution < 1.29 is 4.74 Å². The predicted octanol–water partition coefficient (Wildman–Crippen LogP) is 4.79. The summed E-state index contributed by atoms with van der Waals surface area (Å²) < 4.78 is 6.09. The monoisotopic (exact) mass is 374 g/mol. The number of rotatable bonds is 4. The Bertz CT molecular complexity index is 599. The van der Waals surface area contributed by atoms with E-state index in [0.29, 0.717) is 28.1 Å². The summed E-state index contributed by atoms with van der Waals surface area (Å²) in [6.45, 7) is 1.94. The number of ether oxygens (including phenoxy) is 1. The molecule has 0 aliphatic rings. The molecule has 2 rings (SSSR count). The lowest BCUT2D eigenvalue weighted by Crippen LogP contribution is -2.12. The summed E-state index contributed by atoms with van der Waals surface area (Å²) in [5, 5.41) is 0.686. The highest BCUT2D eigenvalue weighted by atomic mass is 79.9. The highest BCUT2D eigenvalue weighted by Crippen LogP contribution is 2.36. The minimum absolute atomic E-state index is 0.0106. The normalized spacial score (nSPS) is 12.4. The molecule has 0 spiro atoms. The van der Waals surface area contributed by atoms with Crippen molar-refractivity contribution in [2.24, 2.45) is 0 Å². The maximum atomic E-state index is 6.27. The molecule has 20 heavy (non-hydrogen) atoms. The van der Waals surface area contributed by atoms with Gasteiger partial charge in [-0.05, 0) is 13.0 Å². The van der Waals surface area contributed by atoms with E-state index in [0.717, 1.165) is 10.0 Å². The number of halogens is 3. The standard InChI is InChI=1S/C14H13BrCl2N2O/c1-8(20-2)7-11-18-13(16)12(14(17)19-11)9-5-3-4-6-10(9)15/h3-6,8H,7H2,1-2H3. The van der Waals surface area contributed by atoms with Gasteiger partial charge >= 0.3 is 0 Å². The highest BCUT2D eigenvalue weighted by Gasteiger charge is 2.16. The summed E-state index contributed by atoms with van der Waals surface area (Å²) >= 11 is 16.0. The van der Waals surface area contributed by atoms with Crippen LogP contribution in [-0.4, -0.2) is 23.2 Å². The summed E-state index contributed by atoms with van der Waals surface area (Å²) in [7, 11) is 1.64. The smallest absolute Gasteiger partial charge is 0.142 e. The minimum Gasteiger partial charge on any atom is -0.381 e. The average Bonchev–Trinajstić information content (AvgIpc) is 2.40. The Morgan fingerprint density at radius 3 is 2.35 bits per heavy atom. The molecule has 3 nitrogen and oxygen atoms in total. The molecule has 1 atom stereocenters. The highest BCUT2D eigenvalue weighted by molar-refractivity contribution is 9.10. The average molecular weight is 376 g/mol. The van der Waals surface area contributed by atoms with E-state index in [1.54, 1.807) is 7.11 Å². The molecule has 0 saturated heterocycles. The number of hydrogen-bond donors (Lipinski definition) is 0. The van der Waals surface area contributed by atoms with Gasteiger partial charge in [0.05, 0.1) is 11.7 Å². The van der Waals surface area contributed by atoms with Crippen LogP contribution in [-0.2, 0) is 11.2 Å². The van der Waals surface area contributed by atoms with E-state index in [1.807, 2.05) is 31.2 Å². The van der Waals surface area contributed by atoms with Crippen LogP contribution in [0.5, 0.6) is 0 Å². The van der Waals surface area contributed by atoms with Crippen molar-refractivity contribution >= 4 is 39.1 Å². The number of aromatic nitrogens is 2. The maximum Gasteiger partial charge on any atom is 0.142 e. The van der Waals surface area contributed by atoms with Gasteiger partial charge in [0.15, 0.2) is 0 Å². The molecule has 0 fully saturated rings. The van der Waals surface area contributed by atoms with Gasteiger partial charge in [-0.3, -0.25) is 0 Å². The van der Waals surface area contributed by atoms with Gasteiger partial charge in [-0.2, -0.15) is 0 Å². The molecular formula is C14H13BrCl2N2O. The van der Waals surface area contributed by atoms with Gasteiger partial charge in [0.25, 0.3) is 0 Å². The van der Waals surface area contributed by atoms with Crippen LogP contribution in [0.1, 0.15) is 12.7 Å². The lowest BCUT2D eigenvalue weighted by atomic mass is 10.1. The Labute approximate surface area is 136 Å². The van der Waals surface area contributed by atoms with Crippen molar-refractivity contribution in [1.82, 2.24) is 9.97 Å². The van der Waals surface area contributed by atoms with E-state index in [9.17, 15) is 0 Å². The zero-order chi connectivity index (χ0) is 14.7. The number of methoxy groups -OCH3 is 1. The van der Waals surface area contributed by atoms with E-state index >= 15 is 0 Å². The van der Waals surface area contributed by atoms with Crippen LogP contribution in [0.2, 0.25) is 10.3 Å². The summed E-state index contributed by atoms with van der Waals surface area (Å²) in [6, 6.07) is 7.67. The molecule has 0 radical (unpaired) electrons. The third-order valence-electron chi connectivity index (χ3n) is 2.88. The van der Waals surface area contributed by atoms with Crippen molar-refractivity contribution in [3.8, 4) is 11.1 Å². The zero-order valence-electron chi connectivity index (χ0n) is 11.0. The van der Waals surface area contributed by atoms with Crippen molar-refractivity contribution in [2.75, 3.05) is 7.11 Å².